The monoisotopic (exact) mass is 268 g/mol. The van der Waals surface area contributed by atoms with Crippen molar-refractivity contribution in [3.8, 4) is 0 Å². The molecular weight excluding hydrogens is 252 g/mol. The first-order valence-corrected chi connectivity index (χ1v) is 6.63. The number of hydrogen-bond acceptors (Lipinski definition) is 4. The van der Waals surface area contributed by atoms with Crippen LogP contribution in [0, 0.1) is 0 Å². The van der Waals surface area contributed by atoms with E-state index >= 15 is 0 Å². The highest BCUT2D eigenvalue weighted by Gasteiger charge is 2.23. The van der Waals surface area contributed by atoms with Gasteiger partial charge in [-0.1, -0.05) is 24.3 Å². The topological polar surface area (TPSA) is 66.9 Å². The molecule has 0 aliphatic heterocycles. The molecule has 0 atom stereocenters. The Bertz CT molecular complexity index is 599. The van der Waals surface area contributed by atoms with Crippen molar-refractivity contribution in [2.45, 2.75) is 18.9 Å². The van der Waals surface area contributed by atoms with Gasteiger partial charge in [-0.25, -0.2) is 9.97 Å². The van der Waals surface area contributed by atoms with Crippen LogP contribution >= 0.6 is 0 Å². The minimum Gasteiger partial charge on any atom is -0.372 e. The summed E-state index contributed by atoms with van der Waals surface area (Å²) in [5, 5.41) is 5.89. The standard InChI is InChI=1S/C15H16N4O/c1-16-14-9-17-13(8-18-14)15(20)19-12-6-10-4-2-3-5-11(10)7-12/h2-5,8-9,12H,6-7H2,1H3,(H,16,18)(H,19,20). The van der Waals surface area contributed by atoms with E-state index in [-0.39, 0.29) is 11.9 Å². The zero-order chi connectivity index (χ0) is 13.9. The molecule has 1 aromatic carbocycles. The van der Waals surface area contributed by atoms with Crippen molar-refractivity contribution in [1.82, 2.24) is 15.3 Å². The Balaban J connectivity index is 1.65. The van der Waals surface area contributed by atoms with Crippen LogP contribution < -0.4 is 10.6 Å². The Labute approximate surface area is 117 Å². The molecular formula is C15H16N4O. The van der Waals surface area contributed by atoms with E-state index < -0.39 is 0 Å². The van der Waals surface area contributed by atoms with E-state index in [4.69, 9.17) is 0 Å². The Morgan fingerprint density at radius 2 is 1.85 bits per heavy atom. The number of rotatable bonds is 3. The van der Waals surface area contributed by atoms with Crippen molar-refractivity contribution in [2.75, 3.05) is 12.4 Å². The first kappa shape index (κ1) is 12.6. The number of amides is 1. The van der Waals surface area contributed by atoms with E-state index in [9.17, 15) is 4.79 Å². The molecule has 2 aromatic rings. The molecule has 0 fully saturated rings. The zero-order valence-electron chi connectivity index (χ0n) is 11.3. The molecule has 0 unspecified atom stereocenters. The molecule has 20 heavy (non-hydrogen) atoms. The van der Waals surface area contributed by atoms with E-state index in [1.807, 2.05) is 12.1 Å². The summed E-state index contributed by atoms with van der Waals surface area (Å²) in [7, 11) is 1.76. The molecule has 3 rings (SSSR count). The number of fused-ring (bicyclic) bond motifs is 1. The van der Waals surface area contributed by atoms with Gasteiger partial charge in [-0.2, -0.15) is 0 Å². The first-order valence-electron chi connectivity index (χ1n) is 6.63. The molecule has 1 aliphatic carbocycles. The van der Waals surface area contributed by atoms with Gasteiger partial charge in [-0.3, -0.25) is 4.79 Å². The third-order valence-corrected chi connectivity index (χ3v) is 3.53. The van der Waals surface area contributed by atoms with Gasteiger partial charge in [0, 0.05) is 13.1 Å². The summed E-state index contributed by atoms with van der Waals surface area (Å²) in [5.74, 6) is 0.479. The van der Waals surface area contributed by atoms with Crippen LogP contribution in [0.1, 0.15) is 21.6 Å². The Morgan fingerprint density at radius 3 is 2.40 bits per heavy atom. The average Bonchev–Trinajstić information content (AvgIpc) is 2.89. The van der Waals surface area contributed by atoms with Crippen LogP contribution in [0.25, 0.3) is 0 Å². The highest BCUT2D eigenvalue weighted by atomic mass is 16.1. The van der Waals surface area contributed by atoms with Gasteiger partial charge < -0.3 is 10.6 Å². The van der Waals surface area contributed by atoms with Gasteiger partial charge in [0.2, 0.25) is 0 Å². The summed E-state index contributed by atoms with van der Waals surface area (Å²) >= 11 is 0. The fourth-order valence-corrected chi connectivity index (χ4v) is 2.49. The van der Waals surface area contributed by atoms with Gasteiger partial charge in [0.15, 0.2) is 0 Å². The third kappa shape index (κ3) is 2.47. The quantitative estimate of drug-likeness (QED) is 0.883. The smallest absolute Gasteiger partial charge is 0.271 e. The molecule has 0 saturated heterocycles. The summed E-state index contributed by atoms with van der Waals surface area (Å²) < 4.78 is 0. The maximum Gasteiger partial charge on any atom is 0.271 e. The molecule has 0 bridgehead atoms. The van der Waals surface area contributed by atoms with Gasteiger partial charge in [-0.05, 0) is 24.0 Å². The number of nitrogens with zero attached hydrogens (tertiary/aromatic N) is 2. The lowest BCUT2D eigenvalue weighted by Gasteiger charge is -2.11. The summed E-state index contributed by atoms with van der Waals surface area (Å²) in [6.45, 7) is 0. The van der Waals surface area contributed by atoms with Crippen molar-refractivity contribution in [2.24, 2.45) is 0 Å². The third-order valence-electron chi connectivity index (χ3n) is 3.53. The summed E-state index contributed by atoms with van der Waals surface area (Å²) in [6, 6.07) is 8.44. The van der Waals surface area contributed by atoms with Crippen molar-refractivity contribution in [3.05, 3.63) is 53.5 Å². The second-order valence-electron chi connectivity index (χ2n) is 4.88. The zero-order valence-corrected chi connectivity index (χ0v) is 11.3. The van der Waals surface area contributed by atoms with Gasteiger partial charge in [-0.15, -0.1) is 0 Å². The summed E-state index contributed by atoms with van der Waals surface area (Å²) in [5.41, 5.74) is 2.98. The first-order chi connectivity index (χ1) is 9.76. The van der Waals surface area contributed by atoms with E-state index in [1.54, 1.807) is 13.2 Å². The Morgan fingerprint density at radius 1 is 1.15 bits per heavy atom. The molecule has 1 aromatic heterocycles. The molecule has 0 radical (unpaired) electrons. The fourth-order valence-electron chi connectivity index (χ4n) is 2.49. The summed E-state index contributed by atoms with van der Waals surface area (Å²) in [4.78, 5) is 20.3. The SMILES string of the molecule is CNc1cnc(C(=O)NC2Cc3ccccc3C2)cn1. The molecule has 102 valence electrons. The van der Waals surface area contributed by atoms with Crippen molar-refractivity contribution >= 4 is 11.7 Å². The largest absolute Gasteiger partial charge is 0.372 e. The highest BCUT2D eigenvalue weighted by molar-refractivity contribution is 5.92. The molecule has 1 amide bonds. The Hall–Kier alpha value is -2.43. The Kier molecular flexibility index (Phi) is 3.33. The van der Waals surface area contributed by atoms with Crippen LogP contribution in [0.15, 0.2) is 36.7 Å². The van der Waals surface area contributed by atoms with Gasteiger partial charge in [0.1, 0.15) is 11.5 Å². The number of nitrogens with one attached hydrogen (secondary N) is 2. The number of carbonyl (C=O) groups excluding carboxylic acids is 1. The second-order valence-corrected chi connectivity index (χ2v) is 4.88. The van der Waals surface area contributed by atoms with Crippen LogP contribution in [-0.4, -0.2) is 29.0 Å². The van der Waals surface area contributed by atoms with Crippen LogP contribution in [0.2, 0.25) is 0 Å². The minimum absolute atomic E-state index is 0.144. The van der Waals surface area contributed by atoms with Crippen molar-refractivity contribution in [3.63, 3.8) is 0 Å². The fraction of sp³-hybridized carbons (Fsp3) is 0.267. The van der Waals surface area contributed by atoms with Gasteiger partial charge >= 0.3 is 0 Å². The van der Waals surface area contributed by atoms with E-state index in [0.717, 1.165) is 12.8 Å². The van der Waals surface area contributed by atoms with Crippen molar-refractivity contribution < 1.29 is 4.79 Å². The second kappa shape index (κ2) is 5.28. The predicted octanol–water partition coefficient (Wildman–Crippen LogP) is 1.42. The van der Waals surface area contributed by atoms with Gasteiger partial charge in [0.25, 0.3) is 5.91 Å². The average molecular weight is 268 g/mol. The molecule has 0 saturated carbocycles. The lowest BCUT2D eigenvalue weighted by molar-refractivity contribution is 0.0933. The maximum absolute atomic E-state index is 12.1. The maximum atomic E-state index is 12.1. The van der Waals surface area contributed by atoms with Crippen LogP contribution in [-0.2, 0) is 12.8 Å². The van der Waals surface area contributed by atoms with Gasteiger partial charge in [0.05, 0.1) is 12.4 Å². The number of carbonyl (C=O) groups is 1. The number of aromatic nitrogens is 2. The number of anilines is 1. The minimum atomic E-state index is -0.169. The normalized spacial score (nSPS) is 13.8. The van der Waals surface area contributed by atoms with E-state index in [1.165, 1.54) is 17.3 Å². The van der Waals surface area contributed by atoms with Crippen LogP contribution in [0.3, 0.4) is 0 Å². The van der Waals surface area contributed by atoms with Crippen molar-refractivity contribution in [1.29, 1.82) is 0 Å². The van der Waals surface area contributed by atoms with Crippen LogP contribution in [0.5, 0.6) is 0 Å². The molecule has 0 spiro atoms. The highest BCUT2D eigenvalue weighted by Crippen LogP contribution is 2.21. The lowest BCUT2D eigenvalue weighted by Crippen LogP contribution is -2.35. The molecule has 2 N–H and O–H groups in total. The van der Waals surface area contributed by atoms with E-state index in [2.05, 4.69) is 32.7 Å². The molecule has 1 aliphatic rings. The lowest BCUT2D eigenvalue weighted by atomic mass is 10.1. The van der Waals surface area contributed by atoms with Crippen LogP contribution in [0.4, 0.5) is 5.82 Å². The summed E-state index contributed by atoms with van der Waals surface area (Å²) in [6.07, 6.45) is 4.80. The molecule has 5 heteroatoms. The number of benzene rings is 1. The molecule has 5 nitrogen and oxygen atoms in total. The number of hydrogen-bond donors (Lipinski definition) is 2. The predicted molar refractivity (Wildman–Crippen MR) is 76.7 cm³/mol. The molecule has 1 heterocycles. The van der Waals surface area contributed by atoms with E-state index in [0.29, 0.717) is 11.5 Å².